The largest absolute Gasteiger partial charge is 0.419 e. The van der Waals surface area contributed by atoms with Crippen LogP contribution >= 0.6 is 0 Å². The molecule has 34 heavy (non-hydrogen) atoms. The standard InChI is InChI=1S/C23H15F4N7/c1-2-30-18-5-15(24)4-16-19-21(34-11-14(9-32-34)23(25,26)27)17(10-31-22(19)33-20(16)18)13-3-12(6-28)7-29-8-13/h3-5,7-11,30H,2H2,1H3,(H,31,33). The molecule has 2 N–H and O–H groups in total. The SMILES string of the molecule is CCNc1cc(F)cc2c1[nH]c1ncc(-c3cncc(C#N)c3)c(-n3cc(C(F)(F)F)cn3)c12. The Hall–Kier alpha value is -4.46. The summed E-state index contributed by atoms with van der Waals surface area (Å²) in [6, 6.07) is 6.17. The van der Waals surface area contributed by atoms with Crippen LogP contribution in [0.3, 0.4) is 0 Å². The number of aromatic nitrogens is 5. The summed E-state index contributed by atoms with van der Waals surface area (Å²) in [5.41, 5.74) is 1.79. The number of rotatable bonds is 4. The summed E-state index contributed by atoms with van der Waals surface area (Å²) in [7, 11) is 0. The number of aromatic amines is 1. The normalized spacial score (nSPS) is 11.8. The van der Waals surface area contributed by atoms with Gasteiger partial charge in [-0.25, -0.2) is 14.1 Å². The van der Waals surface area contributed by atoms with Crippen molar-refractivity contribution >= 4 is 27.6 Å². The maximum Gasteiger partial charge on any atom is 0.419 e. The molecular formula is C23H15F4N7. The molecular weight excluding hydrogens is 450 g/mol. The van der Waals surface area contributed by atoms with E-state index in [1.165, 1.54) is 30.7 Å². The van der Waals surface area contributed by atoms with Gasteiger partial charge in [0.2, 0.25) is 0 Å². The van der Waals surface area contributed by atoms with E-state index in [-0.39, 0.29) is 11.3 Å². The molecule has 11 heteroatoms. The third-order valence-corrected chi connectivity index (χ3v) is 5.35. The van der Waals surface area contributed by atoms with Gasteiger partial charge < -0.3 is 10.3 Å². The quantitative estimate of drug-likeness (QED) is 0.346. The van der Waals surface area contributed by atoms with Gasteiger partial charge in [-0.2, -0.15) is 23.5 Å². The molecule has 0 saturated carbocycles. The molecule has 7 nitrogen and oxygen atoms in total. The average molecular weight is 465 g/mol. The molecule has 0 aliphatic rings. The van der Waals surface area contributed by atoms with Gasteiger partial charge in [-0.1, -0.05) is 0 Å². The van der Waals surface area contributed by atoms with Gasteiger partial charge in [-0.05, 0) is 25.1 Å². The molecule has 5 aromatic rings. The minimum atomic E-state index is -4.60. The number of nitrogens with zero attached hydrogens (tertiary/aromatic N) is 5. The van der Waals surface area contributed by atoms with Crippen LogP contribution in [0.1, 0.15) is 18.1 Å². The minimum Gasteiger partial charge on any atom is -0.384 e. The lowest BCUT2D eigenvalue weighted by molar-refractivity contribution is -0.137. The Morgan fingerprint density at radius 2 is 1.97 bits per heavy atom. The number of nitriles is 1. The summed E-state index contributed by atoms with van der Waals surface area (Å²) in [5.74, 6) is -0.523. The molecule has 0 aliphatic heterocycles. The number of alkyl halides is 3. The van der Waals surface area contributed by atoms with Crippen LogP contribution in [0.4, 0.5) is 23.2 Å². The van der Waals surface area contributed by atoms with E-state index in [0.29, 0.717) is 45.3 Å². The maximum atomic E-state index is 14.6. The van der Waals surface area contributed by atoms with Gasteiger partial charge in [0.15, 0.2) is 0 Å². The zero-order valence-electron chi connectivity index (χ0n) is 17.6. The van der Waals surface area contributed by atoms with E-state index in [1.54, 1.807) is 6.07 Å². The molecule has 0 spiro atoms. The highest BCUT2D eigenvalue weighted by Crippen LogP contribution is 2.39. The summed E-state index contributed by atoms with van der Waals surface area (Å²) in [6.45, 7) is 2.39. The van der Waals surface area contributed by atoms with Crippen LogP contribution in [-0.2, 0) is 6.18 Å². The summed E-state index contributed by atoms with van der Waals surface area (Å²) in [6.07, 6.45) is 1.29. The van der Waals surface area contributed by atoms with E-state index < -0.39 is 17.6 Å². The number of benzene rings is 1. The second-order valence-electron chi connectivity index (χ2n) is 7.52. The van der Waals surface area contributed by atoms with Crippen molar-refractivity contribution in [2.45, 2.75) is 13.1 Å². The summed E-state index contributed by atoms with van der Waals surface area (Å²) >= 11 is 0. The van der Waals surface area contributed by atoms with Crippen LogP contribution in [0.25, 0.3) is 38.8 Å². The smallest absolute Gasteiger partial charge is 0.384 e. The topological polar surface area (TPSA) is 95.2 Å². The fourth-order valence-electron chi connectivity index (χ4n) is 3.93. The van der Waals surface area contributed by atoms with E-state index in [4.69, 9.17) is 0 Å². The van der Waals surface area contributed by atoms with Crippen LogP contribution in [0, 0.1) is 17.1 Å². The highest BCUT2D eigenvalue weighted by molar-refractivity contribution is 6.15. The minimum absolute atomic E-state index is 0.247. The summed E-state index contributed by atoms with van der Waals surface area (Å²) < 4.78 is 55.7. The maximum absolute atomic E-state index is 14.6. The van der Waals surface area contributed by atoms with Crippen molar-refractivity contribution in [3.05, 3.63) is 66.1 Å². The number of hydrogen-bond donors (Lipinski definition) is 2. The zero-order valence-corrected chi connectivity index (χ0v) is 17.6. The van der Waals surface area contributed by atoms with Crippen molar-refractivity contribution in [1.82, 2.24) is 24.7 Å². The van der Waals surface area contributed by atoms with Gasteiger partial charge >= 0.3 is 6.18 Å². The first-order chi connectivity index (χ1) is 16.3. The van der Waals surface area contributed by atoms with Crippen molar-refractivity contribution < 1.29 is 17.6 Å². The van der Waals surface area contributed by atoms with Crippen molar-refractivity contribution in [1.29, 1.82) is 5.26 Å². The molecule has 0 unspecified atom stereocenters. The number of pyridine rings is 2. The Labute approximate surface area is 189 Å². The van der Waals surface area contributed by atoms with E-state index in [1.807, 2.05) is 13.0 Å². The molecule has 1 aromatic carbocycles. The molecule has 0 amide bonds. The predicted molar refractivity (Wildman–Crippen MR) is 118 cm³/mol. The number of H-pyrrole nitrogens is 1. The van der Waals surface area contributed by atoms with Crippen molar-refractivity contribution in [3.63, 3.8) is 0 Å². The molecule has 0 saturated heterocycles. The first-order valence-electron chi connectivity index (χ1n) is 10.2. The average Bonchev–Trinajstić information content (AvgIpc) is 3.44. The van der Waals surface area contributed by atoms with Gasteiger partial charge in [-0.15, -0.1) is 0 Å². The number of hydrogen-bond acceptors (Lipinski definition) is 5. The van der Waals surface area contributed by atoms with Gasteiger partial charge in [0.25, 0.3) is 0 Å². The predicted octanol–water partition coefficient (Wildman–Crippen LogP) is 5.43. The van der Waals surface area contributed by atoms with E-state index >= 15 is 0 Å². The first-order valence-corrected chi connectivity index (χ1v) is 10.2. The number of halogens is 4. The second kappa shape index (κ2) is 7.84. The Bertz CT molecular complexity index is 1590. The van der Waals surface area contributed by atoms with Gasteiger partial charge in [0.05, 0.1) is 39.6 Å². The summed E-state index contributed by atoms with van der Waals surface area (Å²) in [5, 5.41) is 17.1. The lowest BCUT2D eigenvalue weighted by Gasteiger charge is -2.12. The number of anilines is 1. The Morgan fingerprint density at radius 1 is 1.15 bits per heavy atom. The van der Waals surface area contributed by atoms with E-state index in [2.05, 4.69) is 25.4 Å². The van der Waals surface area contributed by atoms with Gasteiger partial charge in [-0.3, -0.25) is 4.98 Å². The molecule has 5 rings (SSSR count). The van der Waals surface area contributed by atoms with Crippen LogP contribution in [0.15, 0.2) is 49.2 Å². The molecule has 4 heterocycles. The summed E-state index contributed by atoms with van der Waals surface area (Å²) in [4.78, 5) is 11.6. The van der Waals surface area contributed by atoms with Gasteiger partial charge in [0.1, 0.15) is 17.5 Å². The Morgan fingerprint density at radius 3 is 2.68 bits per heavy atom. The molecule has 0 radical (unpaired) electrons. The van der Waals surface area contributed by atoms with Crippen LogP contribution in [0.2, 0.25) is 0 Å². The number of nitrogens with one attached hydrogen (secondary N) is 2. The Balaban J connectivity index is 1.90. The third kappa shape index (κ3) is 3.49. The Kier molecular flexibility index (Phi) is 4.93. The van der Waals surface area contributed by atoms with Crippen molar-refractivity contribution in [2.24, 2.45) is 0 Å². The molecule has 0 fully saturated rings. The molecule has 0 bridgehead atoms. The third-order valence-electron chi connectivity index (χ3n) is 5.35. The molecule has 170 valence electrons. The molecule has 0 atom stereocenters. The molecule has 4 aromatic heterocycles. The van der Waals surface area contributed by atoms with Crippen LogP contribution < -0.4 is 5.32 Å². The highest BCUT2D eigenvalue weighted by atomic mass is 19.4. The fourth-order valence-corrected chi connectivity index (χ4v) is 3.93. The van der Waals surface area contributed by atoms with E-state index in [9.17, 15) is 22.8 Å². The lowest BCUT2D eigenvalue weighted by atomic mass is 10.0. The first kappa shape index (κ1) is 21.4. The second-order valence-corrected chi connectivity index (χ2v) is 7.52. The lowest BCUT2D eigenvalue weighted by Crippen LogP contribution is -2.04. The molecule has 0 aliphatic carbocycles. The monoisotopic (exact) mass is 465 g/mol. The van der Waals surface area contributed by atoms with Crippen LogP contribution in [0.5, 0.6) is 0 Å². The van der Waals surface area contributed by atoms with Crippen molar-refractivity contribution in [3.8, 4) is 22.9 Å². The van der Waals surface area contributed by atoms with Gasteiger partial charge in [0, 0.05) is 47.8 Å². The number of fused-ring (bicyclic) bond motifs is 3. The van der Waals surface area contributed by atoms with Crippen molar-refractivity contribution in [2.75, 3.05) is 11.9 Å². The van der Waals surface area contributed by atoms with E-state index in [0.717, 1.165) is 17.1 Å². The van der Waals surface area contributed by atoms with Crippen LogP contribution in [-0.4, -0.2) is 31.3 Å². The fraction of sp³-hybridized carbons (Fsp3) is 0.130. The zero-order chi connectivity index (χ0) is 24.0. The highest BCUT2D eigenvalue weighted by Gasteiger charge is 2.33.